The Balaban J connectivity index is 1.96. The van der Waals surface area contributed by atoms with E-state index >= 15 is 0 Å². The summed E-state index contributed by atoms with van der Waals surface area (Å²) in [5.74, 6) is -0.539. The Bertz CT molecular complexity index is 1020. The Morgan fingerprint density at radius 2 is 1.52 bits per heavy atom. The maximum Gasteiger partial charge on any atom is 0.241 e. The molecule has 0 aliphatic rings. The predicted molar refractivity (Wildman–Crippen MR) is 101 cm³/mol. The van der Waals surface area contributed by atoms with E-state index in [-0.39, 0.29) is 16.3 Å². The summed E-state index contributed by atoms with van der Waals surface area (Å²) in [5.41, 5.74) is 0.628. The van der Waals surface area contributed by atoms with Gasteiger partial charge in [0, 0.05) is 11.6 Å². The van der Waals surface area contributed by atoms with Gasteiger partial charge in [0.1, 0.15) is 0 Å². The van der Waals surface area contributed by atoms with Crippen molar-refractivity contribution in [2.75, 3.05) is 0 Å². The van der Waals surface area contributed by atoms with E-state index in [1.165, 1.54) is 55.5 Å². The van der Waals surface area contributed by atoms with Gasteiger partial charge in [-0.2, -0.15) is 4.72 Å². The summed E-state index contributed by atoms with van der Waals surface area (Å²) in [6.45, 7) is 1.50. The van der Waals surface area contributed by atoms with Crippen molar-refractivity contribution in [1.82, 2.24) is 10.0 Å². The Morgan fingerprint density at radius 3 is 2.04 bits per heavy atom. The molecule has 2 aromatic rings. The number of nitrogens with two attached hydrogens (primary N) is 1. The summed E-state index contributed by atoms with van der Waals surface area (Å²) in [6, 6.07) is 10.2. The van der Waals surface area contributed by atoms with Gasteiger partial charge < -0.3 is 5.32 Å². The Kier molecular flexibility index (Phi) is 6.60. The van der Waals surface area contributed by atoms with Gasteiger partial charge in [-0.3, -0.25) is 4.79 Å². The van der Waals surface area contributed by atoms with Crippen LogP contribution in [0.3, 0.4) is 0 Å². The third-order valence-electron chi connectivity index (χ3n) is 3.57. The number of benzene rings is 2. The first-order valence-electron chi connectivity index (χ1n) is 7.66. The number of nitrogens with one attached hydrogen (secondary N) is 2. The molecule has 0 spiro atoms. The lowest BCUT2D eigenvalue weighted by Crippen LogP contribution is -2.44. The molecule has 2 rings (SSSR count). The lowest BCUT2D eigenvalue weighted by Gasteiger charge is -2.14. The molecule has 1 atom stereocenters. The lowest BCUT2D eigenvalue weighted by atomic mass is 10.2. The number of primary sulfonamides is 1. The molecule has 11 heteroatoms. The fraction of sp³-hybridized carbons (Fsp3) is 0.188. The van der Waals surface area contributed by atoms with Crippen LogP contribution in [-0.2, 0) is 31.4 Å². The second-order valence-corrected chi connectivity index (χ2v) is 9.42. The van der Waals surface area contributed by atoms with Gasteiger partial charge in [-0.15, -0.1) is 0 Å². The van der Waals surface area contributed by atoms with Gasteiger partial charge in [0.15, 0.2) is 0 Å². The van der Waals surface area contributed by atoms with Gasteiger partial charge >= 0.3 is 0 Å². The fourth-order valence-corrected chi connectivity index (χ4v) is 3.95. The van der Waals surface area contributed by atoms with Crippen molar-refractivity contribution in [3.05, 3.63) is 59.1 Å². The quantitative estimate of drug-likeness (QED) is 0.600. The first-order chi connectivity index (χ1) is 12.5. The smallest absolute Gasteiger partial charge is 0.241 e. The molecule has 0 fully saturated rings. The average molecular weight is 432 g/mol. The van der Waals surface area contributed by atoms with E-state index in [2.05, 4.69) is 10.0 Å². The van der Waals surface area contributed by atoms with Crippen LogP contribution >= 0.6 is 11.6 Å². The molecule has 0 saturated carbocycles. The molecule has 0 bridgehead atoms. The van der Waals surface area contributed by atoms with Crippen molar-refractivity contribution >= 4 is 37.6 Å². The molecule has 8 nitrogen and oxygen atoms in total. The van der Waals surface area contributed by atoms with Crippen molar-refractivity contribution in [1.29, 1.82) is 0 Å². The highest BCUT2D eigenvalue weighted by Gasteiger charge is 2.21. The van der Waals surface area contributed by atoms with Crippen LogP contribution < -0.4 is 15.2 Å². The molecule has 2 aromatic carbocycles. The van der Waals surface area contributed by atoms with E-state index in [0.717, 1.165) is 0 Å². The third kappa shape index (κ3) is 6.01. The zero-order chi connectivity index (χ0) is 20.2. The summed E-state index contributed by atoms with van der Waals surface area (Å²) < 4.78 is 49.2. The van der Waals surface area contributed by atoms with Gasteiger partial charge in [0.05, 0.1) is 15.8 Å². The minimum absolute atomic E-state index is 0.00914. The first kappa shape index (κ1) is 21.3. The van der Waals surface area contributed by atoms with E-state index < -0.39 is 32.0 Å². The first-order valence-corrected chi connectivity index (χ1v) is 11.1. The fourth-order valence-electron chi connectivity index (χ4n) is 2.11. The van der Waals surface area contributed by atoms with Crippen LogP contribution in [0.1, 0.15) is 12.5 Å². The second-order valence-electron chi connectivity index (χ2n) is 5.70. The van der Waals surface area contributed by atoms with Crippen LogP contribution in [0.5, 0.6) is 0 Å². The topological polar surface area (TPSA) is 135 Å². The second kappa shape index (κ2) is 8.36. The average Bonchev–Trinajstić information content (AvgIpc) is 2.59. The number of hydrogen-bond donors (Lipinski definition) is 3. The number of halogens is 1. The summed E-state index contributed by atoms with van der Waals surface area (Å²) in [5, 5.41) is 7.98. The zero-order valence-corrected chi connectivity index (χ0v) is 16.6. The van der Waals surface area contributed by atoms with Gasteiger partial charge in [-0.05, 0) is 48.9 Å². The van der Waals surface area contributed by atoms with Crippen LogP contribution in [0, 0.1) is 0 Å². The number of carbonyl (C=O) groups is 1. The van der Waals surface area contributed by atoms with Crippen molar-refractivity contribution in [2.45, 2.75) is 29.3 Å². The van der Waals surface area contributed by atoms with Crippen LogP contribution in [0.25, 0.3) is 0 Å². The molecule has 1 amide bonds. The standard InChI is InChI=1S/C16H18ClN3O5S2/c1-11(20-27(24,25)15-8-4-13(17)5-9-15)16(21)19-10-12-2-6-14(7-3-12)26(18,22)23/h2-9,11,20H,10H2,1H3,(H,19,21)(H2,18,22,23). The summed E-state index contributed by atoms with van der Waals surface area (Å²) in [6.07, 6.45) is 0. The number of rotatable bonds is 7. The molecule has 0 radical (unpaired) electrons. The summed E-state index contributed by atoms with van der Waals surface area (Å²) in [7, 11) is -7.66. The van der Waals surface area contributed by atoms with Gasteiger partial charge in [0.25, 0.3) is 0 Å². The van der Waals surface area contributed by atoms with Crippen LogP contribution in [0.15, 0.2) is 58.3 Å². The predicted octanol–water partition coefficient (Wildman–Crippen LogP) is 0.971. The highest BCUT2D eigenvalue weighted by molar-refractivity contribution is 7.89. The molecule has 0 saturated heterocycles. The summed E-state index contributed by atoms with van der Waals surface area (Å²) >= 11 is 5.73. The van der Waals surface area contributed by atoms with E-state index in [9.17, 15) is 21.6 Å². The molecule has 0 aromatic heterocycles. The zero-order valence-electron chi connectivity index (χ0n) is 14.2. The maximum atomic E-state index is 12.3. The molecule has 0 heterocycles. The van der Waals surface area contributed by atoms with Crippen molar-refractivity contribution in [2.24, 2.45) is 5.14 Å². The van der Waals surface area contributed by atoms with E-state index in [1.54, 1.807) is 0 Å². The Hall–Kier alpha value is -1.98. The number of carbonyl (C=O) groups excluding carboxylic acids is 1. The molecule has 4 N–H and O–H groups in total. The van der Waals surface area contributed by atoms with Crippen LogP contribution in [-0.4, -0.2) is 28.8 Å². The van der Waals surface area contributed by atoms with Crippen LogP contribution in [0.4, 0.5) is 0 Å². The van der Waals surface area contributed by atoms with Gasteiger partial charge in [0.2, 0.25) is 26.0 Å². The monoisotopic (exact) mass is 431 g/mol. The van der Waals surface area contributed by atoms with E-state index in [1.807, 2.05) is 0 Å². The molecule has 0 aliphatic heterocycles. The van der Waals surface area contributed by atoms with Gasteiger partial charge in [-0.1, -0.05) is 23.7 Å². The molecule has 146 valence electrons. The van der Waals surface area contributed by atoms with E-state index in [4.69, 9.17) is 16.7 Å². The van der Waals surface area contributed by atoms with Crippen molar-refractivity contribution in [3.8, 4) is 0 Å². The molecule has 0 aliphatic carbocycles. The Morgan fingerprint density at radius 1 is 1.00 bits per heavy atom. The Labute approximate surface area is 162 Å². The molecular weight excluding hydrogens is 414 g/mol. The molecule has 1 unspecified atom stereocenters. The SMILES string of the molecule is CC(NS(=O)(=O)c1ccc(Cl)cc1)C(=O)NCc1ccc(S(N)(=O)=O)cc1. The highest BCUT2D eigenvalue weighted by atomic mass is 35.5. The number of amides is 1. The lowest BCUT2D eigenvalue weighted by molar-refractivity contribution is -0.122. The highest BCUT2D eigenvalue weighted by Crippen LogP contribution is 2.14. The van der Waals surface area contributed by atoms with E-state index in [0.29, 0.717) is 10.6 Å². The molecule has 27 heavy (non-hydrogen) atoms. The largest absolute Gasteiger partial charge is 0.351 e. The number of hydrogen-bond acceptors (Lipinski definition) is 5. The molecular formula is C16H18ClN3O5S2. The normalized spacial score (nSPS) is 13.1. The van der Waals surface area contributed by atoms with Crippen molar-refractivity contribution in [3.63, 3.8) is 0 Å². The third-order valence-corrected chi connectivity index (χ3v) is 6.31. The summed E-state index contributed by atoms with van der Waals surface area (Å²) in [4.78, 5) is 12.1. The minimum atomic E-state index is -3.88. The minimum Gasteiger partial charge on any atom is -0.351 e. The van der Waals surface area contributed by atoms with Crippen LogP contribution in [0.2, 0.25) is 5.02 Å². The van der Waals surface area contributed by atoms with Gasteiger partial charge in [-0.25, -0.2) is 22.0 Å². The van der Waals surface area contributed by atoms with Crippen molar-refractivity contribution < 1.29 is 21.6 Å². The number of sulfonamides is 2. The maximum absolute atomic E-state index is 12.3.